The summed E-state index contributed by atoms with van der Waals surface area (Å²) in [5.74, 6) is 0.229. The van der Waals surface area contributed by atoms with Crippen molar-refractivity contribution in [3.63, 3.8) is 0 Å². The molecule has 0 bridgehead atoms. The van der Waals surface area contributed by atoms with Gasteiger partial charge in [0.15, 0.2) is 5.11 Å². The number of pyridine rings is 1. The van der Waals surface area contributed by atoms with Crippen molar-refractivity contribution in [2.45, 2.75) is 39.8 Å². The quantitative estimate of drug-likeness (QED) is 0.361. The van der Waals surface area contributed by atoms with E-state index in [4.69, 9.17) is 12.2 Å². The maximum absolute atomic E-state index is 9.86. The van der Waals surface area contributed by atoms with Gasteiger partial charge in [-0.3, -0.25) is 4.98 Å². The predicted molar refractivity (Wildman–Crippen MR) is 141 cm³/mol. The first kappa shape index (κ1) is 22.2. The summed E-state index contributed by atoms with van der Waals surface area (Å²) in [6.07, 6.45) is 1.82. The Morgan fingerprint density at radius 2 is 1.71 bits per heavy atom. The third kappa shape index (κ3) is 3.64. The summed E-state index contributed by atoms with van der Waals surface area (Å²) in [5, 5.41) is 14.0. The Morgan fingerprint density at radius 3 is 2.41 bits per heavy atom. The Kier molecular flexibility index (Phi) is 5.62. The number of anilines is 1. The highest BCUT2D eigenvalue weighted by Crippen LogP contribution is 2.44. The van der Waals surface area contributed by atoms with E-state index in [1.807, 2.05) is 36.5 Å². The van der Waals surface area contributed by atoms with Gasteiger partial charge in [0.25, 0.3) is 0 Å². The number of phenols is 1. The molecule has 2 aromatic carbocycles. The van der Waals surface area contributed by atoms with Crippen molar-refractivity contribution >= 4 is 23.0 Å². The van der Waals surface area contributed by atoms with Gasteiger partial charge >= 0.3 is 0 Å². The summed E-state index contributed by atoms with van der Waals surface area (Å²) in [5.41, 5.74) is 9.13. The topological polar surface area (TPSA) is 53.3 Å². The standard InChI is InChI=1S/C28H28N4OS/c1-17-8-7-10-25(19(17)3)31-18(2)16-23(20(31)4)27-26(24-9-5-6-15-29-24)30-28(34)32(27)21-11-13-22(33)14-12-21/h5-16,26-27,33H,1-4H3,(H,30,34)/t26-,27-/m0/s1. The molecule has 0 spiro atoms. The van der Waals surface area contributed by atoms with E-state index in [9.17, 15) is 5.11 Å². The molecule has 1 fully saturated rings. The molecule has 0 saturated carbocycles. The van der Waals surface area contributed by atoms with Gasteiger partial charge in [0.1, 0.15) is 5.75 Å². The van der Waals surface area contributed by atoms with Crippen molar-refractivity contribution in [1.82, 2.24) is 14.9 Å². The van der Waals surface area contributed by atoms with Crippen molar-refractivity contribution in [3.05, 3.63) is 107 Å². The summed E-state index contributed by atoms with van der Waals surface area (Å²) in [4.78, 5) is 6.80. The lowest BCUT2D eigenvalue weighted by Gasteiger charge is -2.28. The third-order valence-electron chi connectivity index (χ3n) is 6.83. The molecule has 5 rings (SSSR count). The average molecular weight is 469 g/mol. The first-order valence-corrected chi connectivity index (χ1v) is 11.8. The second-order valence-electron chi connectivity index (χ2n) is 8.89. The average Bonchev–Trinajstić information content (AvgIpc) is 3.32. The molecule has 34 heavy (non-hydrogen) atoms. The highest BCUT2D eigenvalue weighted by Gasteiger charge is 2.42. The van der Waals surface area contributed by atoms with E-state index < -0.39 is 0 Å². The zero-order valence-electron chi connectivity index (χ0n) is 19.8. The second kappa shape index (κ2) is 8.61. The van der Waals surface area contributed by atoms with Crippen molar-refractivity contribution in [2.24, 2.45) is 0 Å². The number of nitrogens with one attached hydrogen (secondary N) is 1. The summed E-state index contributed by atoms with van der Waals surface area (Å²) in [7, 11) is 0. The largest absolute Gasteiger partial charge is 0.508 e. The van der Waals surface area contributed by atoms with Gasteiger partial charge in [0.2, 0.25) is 0 Å². The van der Waals surface area contributed by atoms with Crippen LogP contribution in [0.4, 0.5) is 5.69 Å². The number of phenolic OH excluding ortho intramolecular Hbond substituents is 1. The first-order chi connectivity index (χ1) is 16.4. The van der Waals surface area contributed by atoms with Crippen LogP contribution in [0.2, 0.25) is 0 Å². The monoisotopic (exact) mass is 468 g/mol. The first-order valence-electron chi connectivity index (χ1n) is 11.4. The van der Waals surface area contributed by atoms with E-state index in [0.717, 1.165) is 11.4 Å². The van der Waals surface area contributed by atoms with Crippen LogP contribution in [0.5, 0.6) is 5.75 Å². The van der Waals surface area contributed by atoms with E-state index in [2.05, 4.69) is 71.7 Å². The fourth-order valence-electron chi connectivity index (χ4n) is 5.00. The molecular formula is C28H28N4OS. The van der Waals surface area contributed by atoms with Gasteiger partial charge < -0.3 is 19.9 Å². The number of hydrogen-bond acceptors (Lipinski definition) is 3. The molecule has 6 heteroatoms. The number of nitrogens with zero attached hydrogens (tertiary/aromatic N) is 3. The van der Waals surface area contributed by atoms with Crippen molar-refractivity contribution in [3.8, 4) is 11.4 Å². The third-order valence-corrected chi connectivity index (χ3v) is 7.15. The Morgan fingerprint density at radius 1 is 0.941 bits per heavy atom. The van der Waals surface area contributed by atoms with Crippen LogP contribution in [-0.4, -0.2) is 19.8 Å². The fourth-order valence-corrected chi connectivity index (χ4v) is 5.34. The van der Waals surface area contributed by atoms with Crippen LogP contribution in [0.15, 0.2) is 72.9 Å². The summed E-state index contributed by atoms with van der Waals surface area (Å²) in [6, 6.07) is 21.7. The molecule has 1 aliphatic heterocycles. The van der Waals surface area contributed by atoms with Gasteiger partial charge in [-0.25, -0.2) is 0 Å². The predicted octanol–water partition coefficient (Wildman–Crippen LogP) is 5.99. The minimum Gasteiger partial charge on any atom is -0.508 e. The van der Waals surface area contributed by atoms with Crippen LogP contribution < -0.4 is 10.2 Å². The highest BCUT2D eigenvalue weighted by atomic mass is 32.1. The number of hydrogen-bond donors (Lipinski definition) is 2. The van der Waals surface area contributed by atoms with Crippen molar-refractivity contribution in [1.29, 1.82) is 0 Å². The van der Waals surface area contributed by atoms with E-state index in [1.54, 1.807) is 12.1 Å². The Bertz CT molecular complexity index is 1360. The smallest absolute Gasteiger partial charge is 0.174 e. The Labute approximate surface area is 205 Å². The van der Waals surface area contributed by atoms with Crippen LogP contribution in [0.1, 0.15) is 45.9 Å². The van der Waals surface area contributed by atoms with E-state index in [-0.39, 0.29) is 17.8 Å². The maximum atomic E-state index is 9.86. The number of rotatable bonds is 4. The molecule has 3 heterocycles. The molecule has 2 N–H and O–H groups in total. The number of thiocarbonyl (C=S) groups is 1. The lowest BCUT2D eigenvalue weighted by Crippen LogP contribution is -2.29. The maximum Gasteiger partial charge on any atom is 0.174 e. The lowest BCUT2D eigenvalue weighted by molar-refractivity contribution is 0.475. The summed E-state index contributed by atoms with van der Waals surface area (Å²) < 4.78 is 2.34. The lowest BCUT2D eigenvalue weighted by atomic mass is 9.96. The molecule has 1 saturated heterocycles. The van der Waals surface area contributed by atoms with E-state index >= 15 is 0 Å². The number of benzene rings is 2. The Hall–Kier alpha value is -3.64. The molecule has 0 amide bonds. The van der Waals surface area contributed by atoms with Crippen LogP contribution in [-0.2, 0) is 0 Å². The molecule has 4 aromatic rings. The normalized spacial score (nSPS) is 17.8. The molecule has 5 nitrogen and oxygen atoms in total. The number of aromatic hydroxyl groups is 1. The summed E-state index contributed by atoms with van der Waals surface area (Å²) >= 11 is 5.84. The highest BCUT2D eigenvalue weighted by molar-refractivity contribution is 7.80. The van der Waals surface area contributed by atoms with Crippen LogP contribution >= 0.6 is 12.2 Å². The zero-order valence-corrected chi connectivity index (χ0v) is 20.6. The van der Waals surface area contributed by atoms with Crippen molar-refractivity contribution in [2.75, 3.05) is 4.90 Å². The van der Waals surface area contributed by atoms with Gasteiger partial charge in [-0.15, -0.1) is 0 Å². The molecule has 0 unspecified atom stereocenters. The van der Waals surface area contributed by atoms with Crippen molar-refractivity contribution < 1.29 is 5.11 Å². The van der Waals surface area contributed by atoms with Crippen LogP contribution in [0, 0.1) is 27.7 Å². The van der Waals surface area contributed by atoms with Gasteiger partial charge in [0, 0.05) is 29.0 Å². The molecule has 1 aliphatic rings. The molecule has 172 valence electrons. The van der Waals surface area contributed by atoms with Gasteiger partial charge in [-0.1, -0.05) is 18.2 Å². The molecule has 2 aromatic heterocycles. The second-order valence-corrected chi connectivity index (χ2v) is 9.28. The van der Waals surface area contributed by atoms with Gasteiger partial charge in [0.05, 0.1) is 17.8 Å². The van der Waals surface area contributed by atoms with Crippen LogP contribution in [0.3, 0.4) is 0 Å². The Balaban J connectivity index is 1.70. The fraction of sp³-hybridized carbons (Fsp3) is 0.214. The SMILES string of the molecule is Cc1cccc(-n2c(C)cc([C@H]3[C@H](c4ccccn4)NC(=S)N3c3ccc(O)cc3)c2C)c1C. The minimum absolute atomic E-state index is 0.1000. The van der Waals surface area contributed by atoms with Crippen LogP contribution in [0.25, 0.3) is 5.69 Å². The number of aromatic nitrogens is 2. The number of aryl methyl sites for hydroxylation is 2. The zero-order chi connectivity index (χ0) is 24.0. The summed E-state index contributed by atoms with van der Waals surface area (Å²) in [6.45, 7) is 8.65. The van der Waals surface area contributed by atoms with E-state index in [1.165, 1.54) is 33.8 Å². The minimum atomic E-state index is -0.116. The molecule has 2 atom stereocenters. The van der Waals surface area contributed by atoms with E-state index in [0.29, 0.717) is 5.11 Å². The van der Waals surface area contributed by atoms with Gasteiger partial charge in [-0.2, -0.15) is 0 Å². The van der Waals surface area contributed by atoms with Gasteiger partial charge in [-0.05, 0) is 105 Å². The molecule has 0 radical (unpaired) electrons. The molecular weight excluding hydrogens is 440 g/mol. The molecule has 0 aliphatic carbocycles.